The van der Waals surface area contributed by atoms with Crippen LogP contribution in [0.1, 0.15) is 75.3 Å². The monoisotopic (exact) mass is 502 g/mol. The van der Waals surface area contributed by atoms with Gasteiger partial charge in [-0.1, -0.05) is 106 Å². The average molecular weight is 503 g/mol. The van der Waals surface area contributed by atoms with Gasteiger partial charge in [0.05, 0.1) is 26.4 Å². The van der Waals surface area contributed by atoms with E-state index in [9.17, 15) is 0 Å². The van der Waals surface area contributed by atoms with Crippen LogP contribution in [0.4, 0.5) is 0 Å². The summed E-state index contributed by atoms with van der Waals surface area (Å²) in [7, 11) is 0. The SMILES string of the molecule is C=C/C=C\C(=C)COCC(COCc1ccccc1)Oc1ccc(C2CCC(CCCCC)CC2)cc1. The standard InChI is InChI=1S/C34H46O3/c1-4-6-9-13-29-16-18-31(19-17-29)32-20-22-33(23-21-32)37-34(26-35-24-28(3)12-7-5-2)27-36-25-30-14-10-8-11-15-30/h5,7-8,10-12,14-15,20-23,29,31,34H,2-4,6,9,13,16-19,24-27H2,1H3/b12-7-. The summed E-state index contributed by atoms with van der Waals surface area (Å²) in [6.45, 7) is 11.9. The first-order chi connectivity index (χ1) is 18.2. The molecule has 0 aliphatic heterocycles. The summed E-state index contributed by atoms with van der Waals surface area (Å²) in [6, 6.07) is 18.9. The van der Waals surface area contributed by atoms with Crippen LogP contribution in [0.5, 0.6) is 5.75 Å². The number of ether oxygens (including phenoxy) is 3. The molecule has 0 spiro atoms. The molecule has 0 saturated heterocycles. The number of hydrogen-bond acceptors (Lipinski definition) is 3. The van der Waals surface area contributed by atoms with E-state index in [0.717, 1.165) is 22.8 Å². The zero-order valence-corrected chi connectivity index (χ0v) is 22.8. The van der Waals surface area contributed by atoms with E-state index >= 15 is 0 Å². The first-order valence-corrected chi connectivity index (χ1v) is 14.1. The molecule has 200 valence electrons. The molecule has 1 aliphatic carbocycles. The molecule has 1 atom stereocenters. The zero-order valence-electron chi connectivity index (χ0n) is 22.8. The molecule has 3 rings (SSSR count). The second-order valence-corrected chi connectivity index (χ2v) is 10.3. The Labute approximate surface area is 225 Å². The van der Waals surface area contributed by atoms with Crippen LogP contribution in [-0.2, 0) is 16.1 Å². The summed E-state index contributed by atoms with van der Waals surface area (Å²) in [6.07, 6.45) is 16.2. The van der Waals surface area contributed by atoms with Gasteiger partial charge in [0.2, 0.25) is 0 Å². The van der Waals surface area contributed by atoms with Crippen LogP contribution in [0.2, 0.25) is 0 Å². The third-order valence-corrected chi connectivity index (χ3v) is 7.19. The van der Waals surface area contributed by atoms with Gasteiger partial charge in [0.15, 0.2) is 0 Å². The molecule has 3 heteroatoms. The summed E-state index contributed by atoms with van der Waals surface area (Å²) in [4.78, 5) is 0. The van der Waals surface area contributed by atoms with E-state index in [1.807, 2.05) is 30.4 Å². The zero-order chi connectivity index (χ0) is 26.1. The maximum Gasteiger partial charge on any atom is 0.145 e. The van der Waals surface area contributed by atoms with E-state index in [2.05, 4.69) is 56.5 Å². The molecular weight excluding hydrogens is 456 g/mol. The van der Waals surface area contributed by atoms with Crippen molar-refractivity contribution in [2.24, 2.45) is 5.92 Å². The second-order valence-electron chi connectivity index (χ2n) is 10.3. The molecule has 0 aromatic heterocycles. The number of rotatable bonds is 17. The molecule has 2 aromatic carbocycles. The van der Waals surface area contributed by atoms with Gasteiger partial charge in [-0.15, -0.1) is 0 Å². The van der Waals surface area contributed by atoms with Crippen LogP contribution >= 0.6 is 0 Å². The van der Waals surface area contributed by atoms with Crippen molar-refractivity contribution in [3.63, 3.8) is 0 Å². The van der Waals surface area contributed by atoms with E-state index in [4.69, 9.17) is 14.2 Å². The average Bonchev–Trinajstić information content (AvgIpc) is 2.93. The van der Waals surface area contributed by atoms with Gasteiger partial charge in [-0.25, -0.2) is 0 Å². The fourth-order valence-corrected chi connectivity index (χ4v) is 5.05. The highest BCUT2D eigenvalue weighted by Gasteiger charge is 2.22. The Bertz CT molecular complexity index is 923. The predicted molar refractivity (Wildman–Crippen MR) is 155 cm³/mol. The van der Waals surface area contributed by atoms with Crippen LogP contribution in [0, 0.1) is 5.92 Å². The Morgan fingerprint density at radius 3 is 2.38 bits per heavy atom. The van der Waals surface area contributed by atoms with Gasteiger partial charge in [0.1, 0.15) is 11.9 Å². The topological polar surface area (TPSA) is 27.7 Å². The largest absolute Gasteiger partial charge is 0.486 e. The number of hydrogen-bond donors (Lipinski definition) is 0. The van der Waals surface area contributed by atoms with Crippen molar-refractivity contribution in [2.75, 3.05) is 19.8 Å². The van der Waals surface area contributed by atoms with Gasteiger partial charge in [-0.05, 0) is 66.4 Å². The Morgan fingerprint density at radius 2 is 1.68 bits per heavy atom. The van der Waals surface area contributed by atoms with Crippen molar-refractivity contribution >= 4 is 0 Å². The lowest BCUT2D eigenvalue weighted by molar-refractivity contribution is -0.00614. The molecule has 37 heavy (non-hydrogen) atoms. The van der Waals surface area contributed by atoms with Crippen molar-refractivity contribution in [1.82, 2.24) is 0 Å². The quantitative estimate of drug-likeness (QED) is 0.160. The Balaban J connectivity index is 1.50. The van der Waals surface area contributed by atoms with Crippen LogP contribution in [0.25, 0.3) is 0 Å². The third kappa shape index (κ3) is 11.1. The van der Waals surface area contributed by atoms with E-state index in [0.29, 0.717) is 32.3 Å². The summed E-state index contributed by atoms with van der Waals surface area (Å²) in [5.74, 6) is 2.48. The van der Waals surface area contributed by atoms with Gasteiger partial charge >= 0.3 is 0 Å². The molecule has 3 nitrogen and oxygen atoms in total. The summed E-state index contributed by atoms with van der Waals surface area (Å²) in [5, 5.41) is 0. The molecule has 0 bridgehead atoms. The number of allylic oxidation sites excluding steroid dienone is 2. The highest BCUT2D eigenvalue weighted by Crippen LogP contribution is 2.38. The van der Waals surface area contributed by atoms with Crippen LogP contribution < -0.4 is 4.74 Å². The molecule has 0 N–H and O–H groups in total. The van der Waals surface area contributed by atoms with E-state index in [1.165, 1.54) is 56.9 Å². The van der Waals surface area contributed by atoms with Gasteiger partial charge in [-0.3, -0.25) is 0 Å². The highest BCUT2D eigenvalue weighted by molar-refractivity contribution is 5.30. The van der Waals surface area contributed by atoms with Crippen molar-refractivity contribution in [3.05, 3.63) is 103 Å². The first-order valence-electron chi connectivity index (χ1n) is 14.1. The lowest BCUT2D eigenvalue weighted by Crippen LogP contribution is -2.29. The second kappa shape index (κ2) is 17.0. The van der Waals surface area contributed by atoms with Gasteiger partial charge in [-0.2, -0.15) is 0 Å². The van der Waals surface area contributed by atoms with Crippen LogP contribution in [-0.4, -0.2) is 25.9 Å². The number of benzene rings is 2. The smallest absolute Gasteiger partial charge is 0.145 e. The van der Waals surface area contributed by atoms with Crippen molar-refractivity contribution in [3.8, 4) is 5.75 Å². The number of unbranched alkanes of at least 4 members (excludes halogenated alkanes) is 2. The molecule has 1 fully saturated rings. The third-order valence-electron chi connectivity index (χ3n) is 7.19. The fraction of sp³-hybridized carbons (Fsp3) is 0.471. The molecule has 1 aliphatic rings. The van der Waals surface area contributed by atoms with Gasteiger partial charge in [0.25, 0.3) is 0 Å². The summed E-state index contributed by atoms with van der Waals surface area (Å²) < 4.78 is 18.2. The van der Waals surface area contributed by atoms with E-state index in [-0.39, 0.29) is 6.10 Å². The van der Waals surface area contributed by atoms with Crippen LogP contribution in [0.15, 0.2) is 91.6 Å². The van der Waals surface area contributed by atoms with E-state index < -0.39 is 0 Å². The van der Waals surface area contributed by atoms with Crippen LogP contribution in [0.3, 0.4) is 0 Å². The first kappa shape index (κ1) is 28.9. The van der Waals surface area contributed by atoms with Gasteiger partial charge < -0.3 is 14.2 Å². The van der Waals surface area contributed by atoms with E-state index in [1.54, 1.807) is 6.08 Å². The predicted octanol–water partition coefficient (Wildman–Crippen LogP) is 8.82. The minimum Gasteiger partial charge on any atom is -0.486 e. The maximum atomic E-state index is 6.32. The minimum atomic E-state index is -0.204. The van der Waals surface area contributed by atoms with Gasteiger partial charge in [0, 0.05) is 0 Å². The molecule has 0 radical (unpaired) electrons. The molecule has 0 amide bonds. The van der Waals surface area contributed by atoms with Crippen molar-refractivity contribution in [2.45, 2.75) is 76.9 Å². The molecule has 2 aromatic rings. The highest BCUT2D eigenvalue weighted by atomic mass is 16.6. The van der Waals surface area contributed by atoms with Crippen molar-refractivity contribution in [1.29, 1.82) is 0 Å². The fourth-order valence-electron chi connectivity index (χ4n) is 5.05. The molecule has 1 saturated carbocycles. The maximum absolute atomic E-state index is 6.32. The molecular formula is C34H46O3. The Hall–Kier alpha value is -2.62. The Morgan fingerprint density at radius 1 is 0.946 bits per heavy atom. The normalized spacial score (nSPS) is 18.5. The Kier molecular flexibility index (Phi) is 13.3. The summed E-state index contributed by atoms with van der Waals surface area (Å²) in [5.41, 5.74) is 3.49. The molecule has 0 heterocycles. The lowest BCUT2D eigenvalue weighted by atomic mass is 9.77. The van der Waals surface area contributed by atoms with Crippen molar-refractivity contribution < 1.29 is 14.2 Å². The lowest BCUT2D eigenvalue weighted by Gasteiger charge is -2.29. The minimum absolute atomic E-state index is 0.204. The molecule has 1 unspecified atom stereocenters. The summed E-state index contributed by atoms with van der Waals surface area (Å²) >= 11 is 0.